The van der Waals surface area contributed by atoms with E-state index in [0.29, 0.717) is 10.9 Å². The first-order valence-electron chi connectivity index (χ1n) is 4.60. The van der Waals surface area contributed by atoms with Crippen molar-refractivity contribution in [3.05, 3.63) is 30.3 Å². The van der Waals surface area contributed by atoms with E-state index in [4.69, 9.17) is 28.6 Å². The summed E-state index contributed by atoms with van der Waals surface area (Å²) >= 11 is 10.9. The van der Waals surface area contributed by atoms with Crippen LogP contribution in [0.15, 0.2) is 30.3 Å². The molecule has 0 heterocycles. The quantitative estimate of drug-likeness (QED) is 0.575. The van der Waals surface area contributed by atoms with Gasteiger partial charge in [0.05, 0.1) is 0 Å². The summed E-state index contributed by atoms with van der Waals surface area (Å²) < 4.78 is 5.51. The van der Waals surface area contributed by atoms with Gasteiger partial charge in [0.15, 0.2) is 5.05 Å². The molecule has 0 saturated heterocycles. The molecule has 0 amide bonds. The fourth-order valence-corrected chi connectivity index (χ4v) is 1.82. The monoisotopic (exact) mass is 228 g/mol. The Morgan fingerprint density at radius 1 is 1.43 bits per heavy atom. The molecule has 1 nitrogen and oxygen atoms in total. The van der Waals surface area contributed by atoms with Gasteiger partial charge in [-0.05, 0) is 30.8 Å². The van der Waals surface area contributed by atoms with Crippen LogP contribution in [0.5, 0.6) is 5.75 Å². The smallest absolute Gasteiger partial charge is 0.171 e. The Morgan fingerprint density at radius 2 is 2.07 bits per heavy atom. The molecule has 1 aromatic rings. The van der Waals surface area contributed by atoms with Crippen LogP contribution >= 0.6 is 23.8 Å². The van der Waals surface area contributed by atoms with Crippen LogP contribution in [0.25, 0.3) is 0 Å². The molecule has 0 aromatic heterocycles. The third-order valence-electron chi connectivity index (χ3n) is 1.97. The molecule has 0 aliphatic rings. The maximum Gasteiger partial charge on any atom is 0.171 e. The third kappa shape index (κ3) is 3.28. The predicted octanol–water partition coefficient (Wildman–Crippen LogP) is 3.66. The SMILES string of the molecule is CCC(CCl)C(=S)Oc1ccccc1. The van der Waals surface area contributed by atoms with Crippen LogP contribution in [0, 0.1) is 5.92 Å². The first-order valence-corrected chi connectivity index (χ1v) is 5.55. The molecule has 0 aliphatic heterocycles. The van der Waals surface area contributed by atoms with Crippen LogP contribution in [0.4, 0.5) is 0 Å². The van der Waals surface area contributed by atoms with Gasteiger partial charge in [-0.25, -0.2) is 0 Å². The van der Waals surface area contributed by atoms with E-state index in [1.807, 2.05) is 37.3 Å². The Hall–Kier alpha value is -0.600. The van der Waals surface area contributed by atoms with Crippen molar-refractivity contribution in [1.82, 2.24) is 0 Å². The van der Waals surface area contributed by atoms with Gasteiger partial charge in [-0.1, -0.05) is 25.1 Å². The maximum absolute atomic E-state index is 5.76. The molecule has 0 aliphatic carbocycles. The molecule has 1 atom stereocenters. The number of halogens is 1. The lowest BCUT2D eigenvalue weighted by Gasteiger charge is -2.13. The van der Waals surface area contributed by atoms with Crippen molar-refractivity contribution in [2.45, 2.75) is 13.3 Å². The van der Waals surface area contributed by atoms with E-state index >= 15 is 0 Å². The van der Waals surface area contributed by atoms with Gasteiger partial charge >= 0.3 is 0 Å². The molecule has 1 aromatic carbocycles. The molecule has 76 valence electrons. The second kappa shape index (κ2) is 5.99. The van der Waals surface area contributed by atoms with Crippen molar-refractivity contribution in [2.24, 2.45) is 5.92 Å². The van der Waals surface area contributed by atoms with Crippen molar-refractivity contribution in [3.63, 3.8) is 0 Å². The zero-order chi connectivity index (χ0) is 10.4. The predicted molar refractivity (Wildman–Crippen MR) is 64.2 cm³/mol. The average Bonchev–Trinajstić information content (AvgIpc) is 2.21. The standard InChI is InChI=1S/C11H13ClOS/c1-2-9(8-12)11(14)13-10-6-4-3-5-7-10/h3-7,9H,2,8H2,1H3. The summed E-state index contributed by atoms with van der Waals surface area (Å²) in [5.74, 6) is 1.45. The van der Waals surface area contributed by atoms with Gasteiger partial charge in [0, 0.05) is 11.8 Å². The highest BCUT2D eigenvalue weighted by molar-refractivity contribution is 7.80. The molecule has 0 bridgehead atoms. The van der Waals surface area contributed by atoms with Gasteiger partial charge in [-0.15, -0.1) is 11.6 Å². The van der Waals surface area contributed by atoms with E-state index in [1.165, 1.54) is 0 Å². The molecule has 0 fully saturated rings. The highest BCUT2D eigenvalue weighted by atomic mass is 35.5. The van der Waals surface area contributed by atoms with Crippen molar-refractivity contribution < 1.29 is 4.74 Å². The van der Waals surface area contributed by atoms with Crippen LogP contribution in [-0.4, -0.2) is 10.9 Å². The first kappa shape index (κ1) is 11.5. The molecule has 0 spiro atoms. The fraction of sp³-hybridized carbons (Fsp3) is 0.364. The zero-order valence-electron chi connectivity index (χ0n) is 8.07. The molecule has 1 unspecified atom stereocenters. The van der Waals surface area contributed by atoms with Crippen LogP contribution < -0.4 is 4.74 Å². The number of thiocarbonyl (C=S) groups is 1. The number of para-hydroxylation sites is 1. The van der Waals surface area contributed by atoms with E-state index in [2.05, 4.69) is 0 Å². The highest BCUT2D eigenvalue weighted by Gasteiger charge is 2.12. The second-order valence-electron chi connectivity index (χ2n) is 2.99. The molecular formula is C11H13ClOS. The number of rotatable bonds is 4. The van der Waals surface area contributed by atoms with Crippen molar-refractivity contribution >= 4 is 28.9 Å². The molecule has 1 rings (SSSR count). The van der Waals surface area contributed by atoms with Crippen LogP contribution in [-0.2, 0) is 0 Å². The van der Waals surface area contributed by atoms with Gasteiger partial charge in [-0.2, -0.15) is 0 Å². The van der Waals surface area contributed by atoms with Gasteiger partial charge in [0.2, 0.25) is 0 Å². The van der Waals surface area contributed by atoms with E-state index in [1.54, 1.807) is 0 Å². The Kier molecular flexibility index (Phi) is 4.91. The van der Waals surface area contributed by atoms with Gasteiger partial charge in [0.25, 0.3) is 0 Å². The topological polar surface area (TPSA) is 9.23 Å². The number of hydrogen-bond donors (Lipinski definition) is 0. The van der Waals surface area contributed by atoms with Crippen molar-refractivity contribution in [2.75, 3.05) is 5.88 Å². The summed E-state index contributed by atoms with van der Waals surface area (Å²) in [7, 11) is 0. The average molecular weight is 229 g/mol. The largest absolute Gasteiger partial charge is 0.450 e. The Balaban J connectivity index is 2.57. The second-order valence-corrected chi connectivity index (χ2v) is 3.70. The van der Waals surface area contributed by atoms with E-state index in [9.17, 15) is 0 Å². The van der Waals surface area contributed by atoms with Gasteiger partial charge in [0.1, 0.15) is 5.75 Å². The lowest BCUT2D eigenvalue weighted by molar-refractivity contribution is 0.509. The van der Waals surface area contributed by atoms with Crippen LogP contribution in [0.3, 0.4) is 0 Å². The highest BCUT2D eigenvalue weighted by Crippen LogP contribution is 2.15. The lowest BCUT2D eigenvalue weighted by atomic mass is 10.1. The van der Waals surface area contributed by atoms with E-state index in [0.717, 1.165) is 12.2 Å². The summed E-state index contributed by atoms with van der Waals surface area (Å²) in [6.07, 6.45) is 0.912. The van der Waals surface area contributed by atoms with E-state index < -0.39 is 0 Å². The van der Waals surface area contributed by atoms with Crippen LogP contribution in [0.2, 0.25) is 0 Å². The van der Waals surface area contributed by atoms with E-state index in [-0.39, 0.29) is 5.92 Å². The summed E-state index contributed by atoms with van der Waals surface area (Å²) in [4.78, 5) is 0. The summed E-state index contributed by atoms with van der Waals surface area (Å²) in [6, 6.07) is 9.54. The van der Waals surface area contributed by atoms with Crippen molar-refractivity contribution in [3.8, 4) is 5.75 Å². The van der Waals surface area contributed by atoms with Crippen molar-refractivity contribution in [1.29, 1.82) is 0 Å². The molecule has 0 saturated carbocycles. The summed E-state index contributed by atoms with van der Waals surface area (Å²) in [6.45, 7) is 2.05. The third-order valence-corrected chi connectivity index (χ3v) is 2.76. The minimum atomic E-state index is 0.159. The molecule has 3 heteroatoms. The lowest BCUT2D eigenvalue weighted by Crippen LogP contribution is -2.19. The number of ether oxygens (including phenoxy) is 1. The number of benzene rings is 1. The summed E-state index contributed by atoms with van der Waals surface area (Å²) in [5, 5.41) is 0.578. The van der Waals surface area contributed by atoms with Crippen LogP contribution in [0.1, 0.15) is 13.3 Å². The van der Waals surface area contributed by atoms with Gasteiger partial charge < -0.3 is 4.74 Å². The Labute approximate surface area is 95.0 Å². The fourth-order valence-electron chi connectivity index (χ4n) is 1.03. The summed E-state index contributed by atoms with van der Waals surface area (Å²) in [5.41, 5.74) is 0. The number of alkyl halides is 1. The molecule has 0 radical (unpaired) electrons. The Morgan fingerprint density at radius 3 is 2.57 bits per heavy atom. The number of hydrogen-bond acceptors (Lipinski definition) is 2. The zero-order valence-corrected chi connectivity index (χ0v) is 9.65. The molecular weight excluding hydrogens is 216 g/mol. The first-order chi connectivity index (χ1) is 6.77. The normalized spacial score (nSPS) is 12.1. The molecule has 14 heavy (non-hydrogen) atoms. The Bertz CT molecular complexity index is 283. The maximum atomic E-state index is 5.76. The van der Waals surface area contributed by atoms with Gasteiger partial charge in [-0.3, -0.25) is 0 Å². The minimum Gasteiger partial charge on any atom is -0.450 e. The molecule has 0 N–H and O–H groups in total. The minimum absolute atomic E-state index is 0.159.